The van der Waals surface area contributed by atoms with E-state index < -0.39 is 5.97 Å². The minimum absolute atomic E-state index is 0.230. The van der Waals surface area contributed by atoms with E-state index in [9.17, 15) is 15.0 Å². The average molecular weight is 312 g/mol. The van der Waals surface area contributed by atoms with Crippen molar-refractivity contribution in [3.8, 4) is 16.9 Å². The minimum Gasteiger partial charge on any atom is -0.508 e. The third-order valence-corrected chi connectivity index (χ3v) is 4.25. The molecule has 122 valence electrons. The van der Waals surface area contributed by atoms with E-state index in [4.69, 9.17) is 0 Å². The van der Waals surface area contributed by atoms with Crippen LogP contribution in [-0.2, 0) is 0 Å². The van der Waals surface area contributed by atoms with Gasteiger partial charge in [-0.1, -0.05) is 51.3 Å². The number of carboxylic acids is 1. The molecule has 0 bridgehead atoms. The zero-order valence-electron chi connectivity index (χ0n) is 13.7. The Morgan fingerprint density at radius 2 is 1.78 bits per heavy atom. The fraction of sp³-hybridized carbons (Fsp3) is 0.350. The third-order valence-electron chi connectivity index (χ3n) is 4.25. The maximum Gasteiger partial charge on any atom is 0.335 e. The number of hydrogen-bond donors (Lipinski definition) is 2. The van der Waals surface area contributed by atoms with Crippen molar-refractivity contribution in [2.75, 3.05) is 0 Å². The van der Waals surface area contributed by atoms with Crippen LogP contribution in [0.15, 0.2) is 42.5 Å². The number of benzene rings is 2. The molecule has 3 nitrogen and oxygen atoms in total. The summed E-state index contributed by atoms with van der Waals surface area (Å²) in [6.45, 7) is 4.33. The Morgan fingerprint density at radius 3 is 2.39 bits per heavy atom. The molecular weight excluding hydrogens is 288 g/mol. The van der Waals surface area contributed by atoms with E-state index in [0.717, 1.165) is 29.5 Å². The molecule has 1 atom stereocenters. The van der Waals surface area contributed by atoms with Gasteiger partial charge in [-0.15, -0.1) is 0 Å². The smallest absolute Gasteiger partial charge is 0.335 e. The van der Waals surface area contributed by atoms with Gasteiger partial charge in [-0.3, -0.25) is 0 Å². The van der Waals surface area contributed by atoms with E-state index in [1.807, 2.05) is 18.2 Å². The summed E-state index contributed by atoms with van der Waals surface area (Å²) in [4.78, 5) is 11.3. The predicted octanol–water partition coefficient (Wildman–Crippen LogP) is 5.44. The molecule has 0 radical (unpaired) electrons. The molecule has 1 unspecified atom stereocenters. The summed E-state index contributed by atoms with van der Waals surface area (Å²) in [5.41, 5.74) is 3.42. The van der Waals surface area contributed by atoms with Crippen molar-refractivity contribution >= 4 is 5.97 Å². The average Bonchev–Trinajstić information content (AvgIpc) is 2.55. The van der Waals surface area contributed by atoms with Gasteiger partial charge in [-0.2, -0.15) is 0 Å². The van der Waals surface area contributed by atoms with Gasteiger partial charge in [-0.25, -0.2) is 4.79 Å². The summed E-state index contributed by atoms with van der Waals surface area (Å²) in [5, 5.41) is 18.7. The normalized spacial score (nSPS) is 12.1. The highest BCUT2D eigenvalue weighted by molar-refractivity contribution is 5.89. The SMILES string of the molecule is CCCCCC(C)c1cc(C(=O)O)ccc1-c1ccc(O)cc1. The number of carbonyl (C=O) groups is 1. The van der Waals surface area contributed by atoms with Crippen molar-refractivity contribution < 1.29 is 15.0 Å². The van der Waals surface area contributed by atoms with Gasteiger partial charge in [0.25, 0.3) is 0 Å². The second-order valence-electron chi connectivity index (χ2n) is 6.05. The van der Waals surface area contributed by atoms with Crippen molar-refractivity contribution in [3.05, 3.63) is 53.6 Å². The van der Waals surface area contributed by atoms with Gasteiger partial charge in [0.15, 0.2) is 0 Å². The predicted molar refractivity (Wildman–Crippen MR) is 93.1 cm³/mol. The molecule has 0 saturated carbocycles. The Kier molecular flexibility index (Phi) is 5.80. The van der Waals surface area contributed by atoms with Crippen molar-refractivity contribution in [3.63, 3.8) is 0 Å². The summed E-state index contributed by atoms with van der Waals surface area (Å²) in [5.74, 6) is -0.373. The lowest BCUT2D eigenvalue weighted by Gasteiger charge is -2.18. The van der Waals surface area contributed by atoms with Gasteiger partial charge in [0.05, 0.1) is 5.56 Å². The van der Waals surface area contributed by atoms with Gasteiger partial charge >= 0.3 is 5.97 Å². The van der Waals surface area contributed by atoms with E-state index in [2.05, 4.69) is 13.8 Å². The molecule has 2 rings (SSSR count). The molecule has 23 heavy (non-hydrogen) atoms. The number of unbranched alkanes of at least 4 members (excludes halogenated alkanes) is 2. The largest absolute Gasteiger partial charge is 0.508 e. The van der Waals surface area contributed by atoms with Crippen molar-refractivity contribution in [2.45, 2.75) is 45.4 Å². The first kappa shape index (κ1) is 17.1. The minimum atomic E-state index is -0.899. The number of carboxylic acid groups (broad SMARTS) is 1. The first-order valence-corrected chi connectivity index (χ1v) is 8.19. The molecule has 0 saturated heterocycles. The van der Waals surface area contributed by atoms with Gasteiger partial charge in [0, 0.05) is 0 Å². The van der Waals surface area contributed by atoms with Crippen molar-refractivity contribution in [1.29, 1.82) is 0 Å². The molecular formula is C20H24O3. The lowest BCUT2D eigenvalue weighted by Crippen LogP contribution is -2.02. The van der Waals surface area contributed by atoms with Gasteiger partial charge in [0.2, 0.25) is 0 Å². The third kappa shape index (κ3) is 4.35. The van der Waals surface area contributed by atoms with Crippen LogP contribution in [0.3, 0.4) is 0 Å². The summed E-state index contributed by atoms with van der Waals surface area (Å²) in [7, 11) is 0. The highest BCUT2D eigenvalue weighted by Gasteiger charge is 2.15. The van der Waals surface area contributed by atoms with Crippen LogP contribution in [0.4, 0.5) is 0 Å². The van der Waals surface area contributed by atoms with Crippen molar-refractivity contribution in [2.24, 2.45) is 0 Å². The summed E-state index contributed by atoms with van der Waals surface area (Å²) in [6, 6.07) is 12.4. The van der Waals surface area contributed by atoms with E-state index >= 15 is 0 Å². The molecule has 0 aliphatic carbocycles. The van der Waals surface area contributed by atoms with Gasteiger partial charge in [-0.05, 0) is 53.3 Å². The van der Waals surface area contributed by atoms with Crippen LogP contribution >= 0.6 is 0 Å². The van der Waals surface area contributed by atoms with Crippen LogP contribution in [0, 0.1) is 0 Å². The molecule has 0 fully saturated rings. The molecule has 0 heterocycles. The number of hydrogen-bond acceptors (Lipinski definition) is 2. The van der Waals surface area contributed by atoms with Gasteiger partial charge < -0.3 is 10.2 Å². The topological polar surface area (TPSA) is 57.5 Å². The van der Waals surface area contributed by atoms with E-state index in [1.165, 1.54) is 12.8 Å². The molecule has 3 heteroatoms. The standard InChI is InChI=1S/C20H24O3/c1-3-4-5-6-14(2)19-13-16(20(22)23)9-12-18(19)15-7-10-17(21)11-8-15/h7-14,21H,3-6H2,1-2H3,(H,22,23). The Balaban J connectivity index is 2.40. The summed E-state index contributed by atoms with van der Waals surface area (Å²) in [6.07, 6.45) is 4.55. The van der Waals surface area contributed by atoms with Crippen LogP contribution in [0.2, 0.25) is 0 Å². The maximum atomic E-state index is 11.3. The number of rotatable bonds is 7. The second-order valence-corrected chi connectivity index (χ2v) is 6.05. The molecule has 2 aromatic carbocycles. The second kappa shape index (κ2) is 7.82. The maximum absolute atomic E-state index is 11.3. The van der Waals surface area contributed by atoms with E-state index in [-0.39, 0.29) is 5.75 Å². The van der Waals surface area contributed by atoms with Crippen LogP contribution < -0.4 is 0 Å². The molecule has 0 aliphatic heterocycles. The fourth-order valence-electron chi connectivity index (χ4n) is 2.86. The van der Waals surface area contributed by atoms with Crippen LogP contribution in [0.1, 0.15) is 61.4 Å². The first-order valence-electron chi connectivity index (χ1n) is 8.19. The Morgan fingerprint density at radius 1 is 1.09 bits per heavy atom. The zero-order chi connectivity index (χ0) is 16.8. The number of aromatic carboxylic acids is 1. The lowest BCUT2D eigenvalue weighted by molar-refractivity contribution is 0.0696. The van der Waals surface area contributed by atoms with Crippen LogP contribution in [-0.4, -0.2) is 16.2 Å². The van der Waals surface area contributed by atoms with Crippen LogP contribution in [0.5, 0.6) is 5.75 Å². The highest BCUT2D eigenvalue weighted by Crippen LogP contribution is 2.33. The van der Waals surface area contributed by atoms with Gasteiger partial charge in [0.1, 0.15) is 5.75 Å². The highest BCUT2D eigenvalue weighted by atomic mass is 16.4. The molecule has 2 aromatic rings. The monoisotopic (exact) mass is 312 g/mol. The molecule has 2 N–H and O–H groups in total. The molecule has 0 aliphatic rings. The Hall–Kier alpha value is -2.29. The first-order chi connectivity index (χ1) is 11.0. The molecule has 0 spiro atoms. The summed E-state index contributed by atoms with van der Waals surface area (Å²) >= 11 is 0. The fourth-order valence-corrected chi connectivity index (χ4v) is 2.86. The Bertz CT molecular complexity index is 659. The Labute approximate surface area is 137 Å². The van der Waals surface area contributed by atoms with E-state index in [0.29, 0.717) is 11.5 Å². The van der Waals surface area contributed by atoms with Crippen LogP contribution in [0.25, 0.3) is 11.1 Å². The number of aromatic hydroxyl groups is 1. The zero-order valence-corrected chi connectivity index (χ0v) is 13.7. The lowest BCUT2D eigenvalue weighted by atomic mass is 9.87. The van der Waals surface area contributed by atoms with Crippen molar-refractivity contribution in [1.82, 2.24) is 0 Å². The molecule has 0 amide bonds. The number of phenolic OH excluding ortho intramolecular Hbond substituents is 1. The quantitative estimate of drug-likeness (QED) is 0.669. The summed E-state index contributed by atoms with van der Waals surface area (Å²) < 4.78 is 0. The number of phenols is 1. The molecule has 0 aromatic heterocycles. The van der Waals surface area contributed by atoms with E-state index in [1.54, 1.807) is 24.3 Å².